The molecule has 0 aliphatic carbocycles. The maximum atomic E-state index is 15.1. The molecule has 19 atom stereocenters. The van der Waals surface area contributed by atoms with Crippen molar-refractivity contribution < 1.29 is 81.6 Å². The quantitative estimate of drug-likeness (QED) is 0.168. The lowest BCUT2D eigenvalue weighted by Gasteiger charge is -2.50. The summed E-state index contributed by atoms with van der Waals surface area (Å²) in [5, 5.41) is 24.7. The normalized spacial score (nSPS) is 40.5. The number of aliphatic hydroxyl groups is 2. The number of amides is 1. The van der Waals surface area contributed by atoms with Gasteiger partial charge in [0.05, 0.1) is 61.5 Å². The summed E-state index contributed by atoms with van der Waals surface area (Å²) in [6.07, 6.45) is -7.61. The number of benzene rings is 1. The zero-order valence-electron chi connectivity index (χ0n) is 44.4. The summed E-state index contributed by atoms with van der Waals surface area (Å²) in [5.41, 5.74) is -3.47. The Bertz CT molecular complexity index is 2050. The number of Topliss-reactive ketones (excluding diaryl/α,β-unsaturated/α-hetero) is 1. The summed E-state index contributed by atoms with van der Waals surface area (Å²) in [6.45, 7) is 17.7. The standard InChI is InChI=1S/C51H80N2O17S/c1-17-35-51(10)38(42(47(60)70-51)71-24-36(54)52-31-18-19-32(46(59)62-14)34(21-31)61-13)27(4)39(55)25(2)22-50(9,64-16)44(69-48-40(56)33(53(11)12)20-26(3)65-48)28(5)41(29(6)45(58)67-35)68-37-23-49(8,63-15)43(57)30(7)66-37/h18-19,21,25-30,33,35,37-38,40-44,48,56-57H,17,20,22-24H2,1-16H3,(H,52,54)/t25-,26-,27-,28+,29-,30-,33+,35-,37+,38?,40-,41+,42?,43+,44-,48+,49-,50-,51-/m1/s1. The number of nitrogens with zero attached hydrogens (tertiary/aromatic N) is 1. The number of fused-ring (bicyclic) bond motifs is 1. The zero-order valence-corrected chi connectivity index (χ0v) is 45.2. The first-order valence-electron chi connectivity index (χ1n) is 24.6. The minimum atomic E-state index is -1.55. The summed E-state index contributed by atoms with van der Waals surface area (Å²) >= 11 is 1.01. The van der Waals surface area contributed by atoms with Crippen LogP contribution in [-0.4, -0.2) is 176 Å². The lowest BCUT2D eigenvalue weighted by Crippen LogP contribution is -2.61. The van der Waals surface area contributed by atoms with E-state index in [0.29, 0.717) is 12.1 Å². The Hall–Kier alpha value is -3.44. The molecule has 402 valence electrons. The third kappa shape index (κ3) is 12.4. The number of anilines is 1. The van der Waals surface area contributed by atoms with Gasteiger partial charge in [0.1, 0.15) is 40.7 Å². The number of carbonyl (C=O) groups is 5. The van der Waals surface area contributed by atoms with Crippen LogP contribution in [0.4, 0.5) is 5.69 Å². The van der Waals surface area contributed by atoms with Gasteiger partial charge < -0.3 is 67.8 Å². The second-order valence-electron chi connectivity index (χ2n) is 20.8. The lowest BCUT2D eigenvalue weighted by molar-refractivity contribution is -0.319. The molecule has 1 aromatic rings. The Morgan fingerprint density at radius 2 is 1.55 bits per heavy atom. The van der Waals surface area contributed by atoms with Gasteiger partial charge in [-0.1, -0.05) is 27.7 Å². The van der Waals surface area contributed by atoms with Gasteiger partial charge in [-0.2, -0.15) is 0 Å². The van der Waals surface area contributed by atoms with Crippen molar-refractivity contribution in [2.24, 2.45) is 29.6 Å². The van der Waals surface area contributed by atoms with Gasteiger partial charge in [-0.25, -0.2) is 4.79 Å². The monoisotopic (exact) mass is 1020 g/mol. The molecule has 0 aromatic heterocycles. The van der Waals surface area contributed by atoms with Crippen molar-refractivity contribution in [1.29, 1.82) is 0 Å². The van der Waals surface area contributed by atoms with E-state index in [1.807, 2.05) is 39.8 Å². The van der Waals surface area contributed by atoms with Crippen LogP contribution in [0.2, 0.25) is 0 Å². The molecule has 4 aliphatic rings. The van der Waals surface area contributed by atoms with E-state index in [2.05, 4.69) is 5.32 Å². The molecule has 1 aromatic carbocycles. The molecule has 5 rings (SSSR count). The molecule has 4 aliphatic heterocycles. The smallest absolute Gasteiger partial charge is 0.341 e. The SMILES string of the molecule is CC[C@H]1OC(=O)[C@H](C)[C@@H](O[C@H]2C[C@@](C)(OC)[C@@H](O)[C@@H](C)O2)[C@H](C)[C@@H](O[C@@H]2O[C@H](C)C[C@H](N(C)C)[C@H]2O)[C@](C)(OC)C[C@@H](C)C(=O)[C@H](C)C2C(SCC(=O)Nc3ccc(C(=O)OC)c(OC)c3)C(=O)O[C@@]21C. The van der Waals surface area contributed by atoms with E-state index >= 15 is 4.79 Å². The van der Waals surface area contributed by atoms with Crippen molar-refractivity contribution in [3.05, 3.63) is 23.8 Å². The van der Waals surface area contributed by atoms with Crippen LogP contribution in [0, 0.1) is 29.6 Å². The molecule has 20 heteroatoms. The van der Waals surface area contributed by atoms with Crippen LogP contribution in [0.15, 0.2) is 18.2 Å². The van der Waals surface area contributed by atoms with Gasteiger partial charge in [-0.3, -0.25) is 19.2 Å². The molecule has 1 amide bonds. The van der Waals surface area contributed by atoms with Crippen molar-refractivity contribution in [1.82, 2.24) is 4.90 Å². The van der Waals surface area contributed by atoms with Gasteiger partial charge in [0.25, 0.3) is 0 Å². The molecule has 0 bridgehead atoms. The van der Waals surface area contributed by atoms with Crippen molar-refractivity contribution >= 4 is 47.0 Å². The van der Waals surface area contributed by atoms with E-state index in [4.69, 9.17) is 47.4 Å². The van der Waals surface area contributed by atoms with Crippen molar-refractivity contribution in [2.45, 2.75) is 178 Å². The third-order valence-corrected chi connectivity index (χ3v) is 16.8. The highest BCUT2D eigenvalue weighted by Crippen LogP contribution is 2.49. The van der Waals surface area contributed by atoms with Gasteiger partial charge >= 0.3 is 17.9 Å². The van der Waals surface area contributed by atoms with Gasteiger partial charge in [-0.05, 0) is 87.0 Å². The molecular weight excluding hydrogens is 945 g/mol. The molecule has 4 saturated heterocycles. The first-order chi connectivity index (χ1) is 33.2. The molecule has 0 radical (unpaired) electrons. The Balaban J connectivity index is 1.57. The summed E-state index contributed by atoms with van der Waals surface area (Å²) in [5.74, 6) is -7.15. The number of thioether (sulfide) groups is 1. The third-order valence-electron chi connectivity index (χ3n) is 15.5. The maximum absolute atomic E-state index is 15.1. The van der Waals surface area contributed by atoms with E-state index in [0.717, 1.165) is 11.8 Å². The number of aliphatic hydroxyl groups excluding tert-OH is 2. The fourth-order valence-corrected chi connectivity index (χ4v) is 12.6. The molecule has 0 spiro atoms. The van der Waals surface area contributed by atoms with E-state index in [1.165, 1.54) is 46.6 Å². The number of nitrogens with one attached hydrogen (secondary N) is 1. The number of hydrogen-bond acceptors (Lipinski definition) is 19. The van der Waals surface area contributed by atoms with Crippen molar-refractivity contribution in [3.8, 4) is 5.75 Å². The number of hydrogen-bond donors (Lipinski definition) is 3. The highest BCUT2D eigenvalue weighted by atomic mass is 32.2. The van der Waals surface area contributed by atoms with Crippen LogP contribution in [0.5, 0.6) is 5.75 Å². The van der Waals surface area contributed by atoms with Crippen LogP contribution in [0.25, 0.3) is 0 Å². The zero-order chi connectivity index (χ0) is 53.1. The topological polar surface area (TPSA) is 233 Å². The largest absolute Gasteiger partial charge is 0.496 e. The van der Waals surface area contributed by atoms with Gasteiger partial charge in [0, 0.05) is 62.1 Å². The van der Waals surface area contributed by atoms with Crippen LogP contribution >= 0.6 is 11.8 Å². The molecule has 4 fully saturated rings. The highest BCUT2D eigenvalue weighted by molar-refractivity contribution is 8.01. The first-order valence-corrected chi connectivity index (χ1v) is 25.7. The highest BCUT2D eigenvalue weighted by Gasteiger charge is 2.62. The number of rotatable bonds is 14. The average molecular weight is 1030 g/mol. The second-order valence-corrected chi connectivity index (χ2v) is 21.9. The van der Waals surface area contributed by atoms with Crippen molar-refractivity contribution in [2.75, 3.05) is 53.6 Å². The van der Waals surface area contributed by atoms with E-state index in [1.54, 1.807) is 48.5 Å². The summed E-state index contributed by atoms with van der Waals surface area (Å²) in [6, 6.07) is 4.13. The van der Waals surface area contributed by atoms with E-state index in [-0.39, 0.29) is 54.3 Å². The number of ether oxygens (including phenoxy) is 10. The number of ketones is 1. The summed E-state index contributed by atoms with van der Waals surface area (Å²) in [7, 11) is 9.37. The molecule has 19 nitrogen and oxygen atoms in total. The average Bonchev–Trinajstić information content (AvgIpc) is 3.60. The number of likely N-dealkylation sites (N-methyl/N-ethyl adjacent to an activating group) is 1. The summed E-state index contributed by atoms with van der Waals surface area (Å²) in [4.78, 5) is 72.0. The maximum Gasteiger partial charge on any atom is 0.341 e. The Labute approximate surface area is 423 Å². The molecule has 71 heavy (non-hydrogen) atoms. The minimum absolute atomic E-state index is 0.0709. The van der Waals surface area contributed by atoms with Gasteiger partial charge in [0.15, 0.2) is 18.2 Å². The van der Waals surface area contributed by atoms with Gasteiger partial charge in [0.2, 0.25) is 5.91 Å². The number of cyclic esters (lactones) is 1. The Morgan fingerprint density at radius 1 is 0.887 bits per heavy atom. The molecule has 3 N–H and O–H groups in total. The number of esters is 3. The lowest BCUT2D eigenvalue weighted by atomic mass is 9.70. The molecular formula is C51H80N2O17S. The number of methoxy groups -OCH3 is 4. The fraction of sp³-hybridized carbons (Fsp3) is 0.784. The molecule has 4 heterocycles. The van der Waals surface area contributed by atoms with E-state index in [9.17, 15) is 29.4 Å². The Morgan fingerprint density at radius 3 is 2.14 bits per heavy atom. The van der Waals surface area contributed by atoms with Gasteiger partial charge in [-0.15, -0.1) is 11.8 Å². The first kappa shape index (κ1) is 58.4. The summed E-state index contributed by atoms with van der Waals surface area (Å²) < 4.78 is 61.6. The predicted octanol–water partition coefficient (Wildman–Crippen LogP) is 4.80. The predicted molar refractivity (Wildman–Crippen MR) is 262 cm³/mol. The molecule has 2 unspecified atom stereocenters. The van der Waals surface area contributed by atoms with Crippen LogP contribution in [0.1, 0.15) is 105 Å². The van der Waals surface area contributed by atoms with Crippen LogP contribution in [0.3, 0.4) is 0 Å². The van der Waals surface area contributed by atoms with Crippen LogP contribution in [-0.2, 0) is 61.8 Å². The van der Waals surface area contributed by atoms with Crippen LogP contribution < -0.4 is 10.1 Å². The Kier molecular flexibility index (Phi) is 19.6. The molecule has 0 saturated carbocycles. The number of carbonyl (C=O) groups excluding carboxylic acids is 5. The minimum Gasteiger partial charge on any atom is -0.496 e. The fourth-order valence-electron chi connectivity index (χ4n) is 11.3. The van der Waals surface area contributed by atoms with E-state index < -0.39 is 125 Å². The van der Waals surface area contributed by atoms with Crippen molar-refractivity contribution in [3.63, 3.8) is 0 Å². The second kappa shape index (κ2) is 23.8.